The molecule has 1 heterocycles. The van der Waals surface area contributed by atoms with Gasteiger partial charge < -0.3 is 19.9 Å². The predicted molar refractivity (Wildman–Crippen MR) is 79.5 cm³/mol. The number of nitrogens with one attached hydrogen (secondary N) is 1. The van der Waals surface area contributed by atoms with E-state index in [2.05, 4.69) is 10.5 Å². The molecule has 9 nitrogen and oxygen atoms in total. The van der Waals surface area contributed by atoms with Crippen molar-refractivity contribution in [3.8, 4) is 5.75 Å². The van der Waals surface area contributed by atoms with Gasteiger partial charge in [-0.3, -0.25) is 14.4 Å². The lowest BCUT2D eigenvalue weighted by atomic mass is 9.72. The van der Waals surface area contributed by atoms with Gasteiger partial charge in [-0.05, 0) is 18.1 Å². The highest BCUT2D eigenvalue weighted by Gasteiger charge is 2.38. The monoisotopic (exact) mass is 319 g/mol. The van der Waals surface area contributed by atoms with E-state index >= 15 is 0 Å². The number of nitroso groups, excluding NO2 is 1. The molecular weight excluding hydrogens is 305 g/mol. The fourth-order valence-corrected chi connectivity index (χ4v) is 2.20. The molecule has 0 aromatic heterocycles. The van der Waals surface area contributed by atoms with Crippen LogP contribution >= 0.6 is 0 Å². The number of benzene rings is 1. The van der Waals surface area contributed by atoms with Crippen molar-refractivity contribution in [3.05, 3.63) is 34.2 Å². The second-order valence-corrected chi connectivity index (χ2v) is 5.18. The molecule has 1 unspecified atom stereocenters. The van der Waals surface area contributed by atoms with E-state index in [0.717, 1.165) is 4.90 Å². The molecule has 0 saturated heterocycles. The van der Waals surface area contributed by atoms with Crippen molar-refractivity contribution in [2.75, 3.05) is 14.1 Å². The van der Waals surface area contributed by atoms with E-state index in [0.29, 0.717) is 5.56 Å². The first kappa shape index (κ1) is 16.6. The number of carbonyl (C=O) groups is 3. The van der Waals surface area contributed by atoms with Gasteiger partial charge in [0.15, 0.2) is 0 Å². The zero-order valence-corrected chi connectivity index (χ0v) is 12.5. The van der Waals surface area contributed by atoms with Crippen molar-refractivity contribution in [1.29, 1.82) is 0 Å². The Labute approximate surface area is 131 Å². The van der Waals surface area contributed by atoms with Crippen LogP contribution in [-0.4, -0.2) is 54.8 Å². The largest absolute Gasteiger partial charge is 0.547 e. The summed E-state index contributed by atoms with van der Waals surface area (Å²) in [6, 6.07) is 4.50. The Hall–Kier alpha value is -2.75. The van der Waals surface area contributed by atoms with E-state index in [4.69, 9.17) is 4.65 Å². The smallest absolute Gasteiger partial charge is 0.534 e. The van der Waals surface area contributed by atoms with Crippen molar-refractivity contribution in [2.24, 2.45) is 5.18 Å². The molecule has 1 atom stereocenters. The molecule has 2 rings (SSSR count). The Morgan fingerprint density at radius 2 is 2.09 bits per heavy atom. The average Bonchev–Trinajstić information content (AvgIpc) is 2.53. The summed E-state index contributed by atoms with van der Waals surface area (Å²) in [5.74, 6) is -3.48. The van der Waals surface area contributed by atoms with Gasteiger partial charge in [0.1, 0.15) is 5.75 Å². The van der Waals surface area contributed by atoms with Crippen molar-refractivity contribution >= 4 is 24.8 Å². The first-order valence-electron chi connectivity index (χ1n) is 6.71. The molecule has 1 aromatic rings. The van der Waals surface area contributed by atoms with Crippen LogP contribution in [0.25, 0.3) is 0 Å². The maximum Gasteiger partial charge on any atom is 0.547 e. The van der Waals surface area contributed by atoms with Crippen LogP contribution in [-0.2, 0) is 16.0 Å². The molecule has 3 amide bonds. The number of nitrogens with zero attached hydrogens (tertiary/aromatic N) is 2. The van der Waals surface area contributed by atoms with Crippen LogP contribution in [0, 0.1) is 4.91 Å². The molecule has 1 aliphatic heterocycles. The molecule has 2 N–H and O–H groups in total. The molecule has 0 saturated carbocycles. The fraction of sp³-hybridized carbons (Fsp3) is 0.308. The van der Waals surface area contributed by atoms with E-state index in [-0.39, 0.29) is 17.7 Å². The number of para-hydroxylation sites is 1. The number of amides is 3. The molecule has 0 fully saturated rings. The maximum atomic E-state index is 11.8. The van der Waals surface area contributed by atoms with Crippen molar-refractivity contribution in [2.45, 2.75) is 12.4 Å². The van der Waals surface area contributed by atoms with Crippen LogP contribution in [0.5, 0.6) is 5.75 Å². The zero-order chi connectivity index (χ0) is 17.1. The minimum absolute atomic E-state index is 0.0500. The normalized spacial score (nSPS) is 16.0. The third-order valence-corrected chi connectivity index (χ3v) is 3.35. The summed E-state index contributed by atoms with van der Waals surface area (Å²) < 4.78 is 5.24. The van der Waals surface area contributed by atoms with Gasteiger partial charge in [0, 0.05) is 19.3 Å². The number of hydrogen-bond acceptors (Lipinski definition) is 6. The quantitative estimate of drug-likeness (QED) is 0.414. The van der Waals surface area contributed by atoms with Gasteiger partial charge in [0.05, 0.1) is 11.5 Å². The second-order valence-electron chi connectivity index (χ2n) is 5.18. The summed E-state index contributed by atoms with van der Waals surface area (Å²) >= 11 is 0. The topological polar surface area (TPSA) is 125 Å². The van der Waals surface area contributed by atoms with Crippen LogP contribution in [0.4, 0.5) is 0 Å². The highest BCUT2D eigenvalue weighted by atomic mass is 16.5. The van der Waals surface area contributed by atoms with Crippen molar-refractivity contribution in [1.82, 2.24) is 10.2 Å². The Morgan fingerprint density at radius 3 is 2.70 bits per heavy atom. The Kier molecular flexibility index (Phi) is 4.75. The van der Waals surface area contributed by atoms with Gasteiger partial charge >= 0.3 is 24.8 Å². The summed E-state index contributed by atoms with van der Waals surface area (Å²) in [5.41, 5.74) is 0.443. The summed E-state index contributed by atoms with van der Waals surface area (Å²) in [6.07, 6.45) is 0.128. The van der Waals surface area contributed by atoms with E-state index in [1.54, 1.807) is 6.07 Å². The van der Waals surface area contributed by atoms with E-state index < -0.39 is 30.8 Å². The number of fused-ring (bicyclic) bond motifs is 1. The van der Waals surface area contributed by atoms with E-state index in [9.17, 15) is 24.3 Å². The SMILES string of the molecule is CN(C)C(=O)C(=O)NC1Cc2cccc(C(=O)N=O)c2OB1O. The van der Waals surface area contributed by atoms with Gasteiger partial charge in [-0.15, -0.1) is 4.91 Å². The molecule has 120 valence electrons. The summed E-state index contributed by atoms with van der Waals surface area (Å²) in [7, 11) is 1.38. The first-order chi connectivity index (χ1) is 10.8. The number of carbonyl (C=O) groups excluding carboxylic acids is 3. The molecule has 1 aliphatic rings. The molecule has 23 heavy (non-hydrogen) atoms. The molecule has 0 radical (unpaired) electrons. The summed E-state index contributed by atoms with van der Waals surface area (Å²) in [4.78, 5) is 46.3. The van der Waals surface area contributed by atoms with Crippen LogP contribution in [0.1, 0.15) is 15.9 Å². The van der Waals surface area contributed by atoms with Crippen LogP contribution in [0.15, 0.2) is 23.4 Å². The molecule has 0 aliphatic carbocycles. The third kappa shape index (κ3) is 3.37. The predicted octanol–water partition coefficient (Wildman–Crippen LogP) is -0.879. The lowest BCUT2D eigenvalue weighted by Crippen LogP contribution is -2.55. The molecule has 0 bridgehead atoms. The van der Waals surface area contributed by atoms with E-state index in [1.807, 2.05) is 0 Å². The fourth-order valence-electron chi connectivity index (χ4n) is 2.20. The van der Waals surface area contributed by atoms with Crippen LogP contribution < -0.4 is 9.97 Å². The van der Waals surface area contributed by atoms with Crippen LogP contribution in [0.3, 0.4) is 0 Å². The van der Waals surface area contributed by atoms with Gasteiger partial charge in [-0.25, -0.2) is 0 Å². The number of likely N-dealkylation sites (N-methyl/N-ethyl adjacent to an activating group) is 1. The molecule has 10 heteroatoms. The third-order valence-electron chi connectivity index (χ3n) is 3.35. The molecule has 1 aromatic carbocycles. The standard InChI is InChI=1S/C13H14BN3O6/c1-17(2)13(20)12(19)15-9-6-7-4-3-5-8(11(18)16-22)10(7)23-14(9)21/h3-5,9,21H,6H2,1-2H3,(H,15,19). The van der Waals surface area contributed by atoms with Crippen molar-refractivity contribution in [3.63, 3.8) is 0 Å². The van der Waals surface area contributed by atoms with E-state index in [1.165, 1.54) is 26.2 Å². The van der Waals surface area contributed by atoms with Crippen molar-refractivity contribution < 1.29 is 24.1 Å². The van der Waals surface area contributed by atoms with Gasteiger partial charge in [-0.1, -0.05) is 12.1 Å². The lowest BCUT2D eigenvalue weighted by molar-refractivity contribution is -0.144. The van der Waals surface area contributed by atoms with Gasteiger partial charge in [0.25, 0.3) is 0 Å². The number of rotatable bonds is 2. The number of hydrogen-bond donors (Lipinski definition) is 2. The van der Waals surface area contributed by atoms with Gasteiger partial charge in [-0.2, -0.15) is 0 Å². The highest BCUT2D eigenvalue weighted by Crippen LogP contribution is 2.30. The molecule has 0 spiro atoms. The second kappa shape index (κ2) is 6.57. The lowest BCUT2D eigenvalue weighted by Gasteiger charge is -2.28. The first-order valence-corrected chi connectivity index (χ1v) is 6.71. The minimum Gasteiger partial charge on any atom is -0.534 e. The van der Waals surface area contributed by atoms with Gasteiger partial charge in [0.2, 0.25) is 0 Å². The summed E-state index contributed by atoms with van der Waals surface area (Å²) in [6.45, 7) is 0. The minimum atomic E-state index is -1.47. The molecular formula is C13H14BN3O6. The Morgan fingerprint density at radius 1 is 1.39 bits per heavy atom. The zero-order valence-electron chi connectivity index (χ0n) is 12.5. The average molecular weight is 319 g/mol. The maximum absolute atomic E-state index is 11.8. The Bertz CT molecular complexity index is 678. The van der Waals surface area contributed by atoms with Crippen LogP contribution in [0.2, 0.25) is 0 Å². The summed E-state index contributed by atoms with van der Waals surface area (Å²) in [5, 5.41) is 14.7. The highest BCUT2D eigenvalue weighted by molar-refractivity contribution is 6.48. The Balaban J connectivity index is 2.22.